The maximum atomic E-state index is 9.00. The largest absolute Gasteiger partial charge is 0.509 e. The minimum Gasteiger partial charge on any atom is -0.509 e. The van der Waals surface area contributed by atoms with E-state index < -0.39 is 60.4 Å². The molecule has 5 nitrogen and oxygen atoms in total. The van der Waals surface area contributed by atoms with Gasteiger partial charge in [0.05, 0.1) is 30.4 Å². The molecule has 0 fully saturated rings. The zero-order chi connectivity index (χ0) is 48.1. The van der Waals surface area contributed by atoms with Crippen molar-refractivity contribution in [2.45, 2.75) is 26.2 Å². The zero-order valence-corrected chi connectivity index (χ0v) is 35.6. The van der Waals surface area contributed by atoms with Crippen molar-refractivity contribution < 1.29 is 44.1 Å². The van der Waals surface area contributed by atoms with E-state index in [0.29, 0.717) is 32.7 Å². The van der Waals surface area contributed by atoms with Gasteiger partial charge in [-0.2, -0.15) is 12.1 Å². The SMILES string of the molecule is [2H]c1c([2H])c([2H])c(-c2cccc(-c3c([2H])c([2H])c([2H])c([2H])c3[2H])c2-[n+]2[c-]n(-c3[c-]c(Oc4[c-]c5c(cc4Br)c4ccccc4n5-c4cc(C(C)(C)C)ccn4)ccc3)c3ccccc32)c([2H])c1[2H].[Pt]. The molecule has 0 aliphatic heterocycles. The van der Waals surface area contributed by atoms with E-state index in [-0.39, 0.29) is 54.4 Å². The topological polar surface area (TPSA) is 35.9 Å². The Kier molecular flexibility index (Phi) is 7.50. The minimum absolute atomic E-state index is 0. The summed E-state index contributed by atoms with van der Waals surface area (Å²) in [6, 6.07) is 33.3. The number of halogens is 1. The minimum atomic E-state index is -0.574. The normalized spacial score (nSPS) is 14.0. The van der Waals surface area contributed by atoms with Crippen LogP contribution in [0.5, 0.6) is 11.5 Å². The number of para-hydroxylation sites is 4. The van der Waals surface area contributed by atoms with E-state index in [0.717, 1.165) is 33.2 Å². The molecule has 7 heteroatoms. The second-order valence-corrected chi connectivity index (χ2v) is 15.5. The fourth-order valence-electron chi connectivity index (χ4n) is 7.31. The summed E-state index contributed by atoms with van der Waals surface area (Å²) < 4.78 is 99.5. The predicted molar refractivity (Wildman–Crippen MR) is 237 cm³/mol. The number of aromatic nitrogens is 4. The third-order valence-corrected chi connectivity index (χ3v) is 10.6. The third kappa shape index (κ3) is 7.01. The molecule has 0 aliphatic carbocycles. The fourth-order valence-corrected chi connectivity index (χ4v) is 7.72. The van der Waals surface area contributed by atoms with Crippen molar-refractivity contribution in [3.63, 3.8) is 0 Å². The first-order chi connectivity index (χ1) is 32.5. The summed E-state index contributed by atoms with van der Waals surface area (Å²) in [4.78, 5) is 4.80. The van der Waals surface area contributed by atoms with Gasteiger partial charge in [-0.25, -0.2) is 4.98 Å². The maximum absolute atomic E-state index is 9.00. The molecule has 7 aromatic carbocycles. The predicted octanol–water partition coefficient (Wildman–Crippen LogP) is 13.0. The van der Waals surface area contributed by atoms with E-state index in [2.05, 4.69) is 77.9 Å². The van der Waals surface area contributed by atoms with Gasteiger partial charge in [0.2, 0.25) is 0 Å². The number of hydrogen-bond acceptors (Lipinski definition) is 2. The van der Waals surface area contributed by atoms with Crippen LogP contribution >= 0.6 is 15.9 Å². The van der Waals surface area contributed by atoms with Crippen LogP contribution in [0.15, 0.2) is 174 Å². The van der Waals surface area contributed by atoms with Gasteiger partial charge in [-0.05, 0) is 67.0 Å². The Morgan fingerprint density at radius 1 is 0.712 bits per heavy atom. The first-order valence-electron chi connectivity index (χ1n) is 23.5. The Bertz CT molecular complexity index is 3610. The molecule has 0 bridgehead atoms. The molecule has 0 radical (unpaired) electrons. The summed E-state index contributed by atoms with van der Waals surface area (Å²) in [6.07, 6.45) is 5.22. The van der Waals surface area contributed by atoms with Gasteiger partial charge in [0.15, 0.2) is 0 Å². The second-order valence-electron chi connectivity index (χ2n) is 14.7. The number of fused-ring (bicyclic) bond motifs is 4. The Hall–Kier alpha value is -6.07. The Balaban J connectivity index is 0.00000593. The van der Waals surface area contributed by atoms with Crippen molar-refractivity contribution in [3.8, 4) is 50.9 Å². The van der Waals surface area contributed by atoms with Gasteiger partial charge in [0.1, 0.15) is 5.82 Å². The average Bonchev–Trinajstić information content (AvgIpc) is 3.87. The van der Waals surface area contributed by atoms with E-state index in [4.69, 9.17) is 23.4 Å². The van der Waals surface area contributed by atoms with Gasteiger partial charge in [-0.1, -0.05) is 147 Å². The van der Waals surface area contributed by atoms with Crippen molar-refractivity contribution in [1.29, 1.82) is 0 Å². The van der Waals surface area contributed by atoms with E-state index in [9.17, 15) is 0 Å². The van der Waals surface area contributed by atoms with Gasteiger partial charge in [0.25, 0.3) is 6.33 Å². The zero-order valence-electron chi connectivity index (χ0n) is 41.8. The van der Waals surface area contributed by atoms with Crippen LogP contribution in [0, 0.1) is 18.5 Å². The molecule has 0 saturated heterocycles. The number of pyridine rings is 1. The summed E-state index contributed by atoms with van der Waals surface area (Å²) in [7, 11) is 0. The fraction of sp³-hybridized carbons (Fsp3) is 0.0769. The number of rotatable bonds is 7. The molecule has 0 unspecified atom stereocenters. The number of nitrogens with zero attached hydrogens (tertiary/aromatic N) is 4. The number of benzene rings is 7. The van der Waals surface area contributed by atoms with Gasteiger partial charge in [-0.15, -0.1) is 45.6 Å². The van der Waals surface area contributed by atoms with Crippen molar-refractivity contribution in [3.05, 3.63) is 198 Å². The van der Waals surface area contributed by atoms with Crippen molar-refractivity contribution >= 4 is 48.8 Å². The van der Waals surface area contributed by atoms with E-state index >= 15 is 0 Å². The monoisotopic (exact) mass is 1020 g/mol. The molecule has 10 rings (SSSR count). The van der Waals surface area contributed by atoms with Crippen LogP contribution in [0.3, 0.4) is 0 Å². The van der Waals surface area contributed by atoms with Crippen LogP contribution in [0.25, 0.3) is 72.3 Å². The summed E-state index contributed by atoms with van der Waals surface area (Å²) in [6.45, 7) is 6.49. The maximum Gasteiger partial charge on any atom is 0.268 e. The molecular weight excluding hydrogens is 972 g/mol. The van der Waals surface area contributed by atoms with Gasteiger partial charge < -0.3 is 13.9 Å². The number of ether oxygens (including phenoxy) is 1. The smallest absolute Gasteiger partial charge is 0.268 e. The van der Waals surface area contributed by atoms with Crippen molar-refractivity contribution in [2.24, 2.45) is 0 Å². The molecule has 0 saturated carbocycles. The van der Waals surface area contributed by atoms with Crippen LogP contribution in [0.4, 0.5) is 0 Å². The Morgan fingerprint density at radius 3 is 2.08 bits per heavy atom. The van der Waals surface area contributed by atoms with Crippen LogP contribution in [-0.4, -0.2) is 14.1 Å². The molecule has 3 aromatic heterocycles. The van der Waals surface area contributed by atoms with Crippen LogP contribution in [0.2, 0.25) is 0 Å². The first kappa shape index (κ1) is 28.4. The molecule has 0 aliphatic rings. The summed E-state index contributed by atoms with van der Waals surface area (Å²) >= 11 is 3.76. The van der Waals surface area contributed by atoms with Gasteiger partial charge in [-0.3, -0.25) is 4.57 Å². The van der Waals surface area contributed by atoms with Crippen molar-refractivity contribution in [1.82, 2.24) is 14.1 Å². The Labute approximate surface area is 380 Å². The van der Waals surface area contributed by atoms with E-state index in [1.54, 1.807) is 51.6 Å². The van der Waals surface area contributed by atoms with E-state index in [1.807, 2.05) is 48.7 Å². The Morgan fingerprint density at radius 2 is 1.37 bits per heavy atom. The molecular formula is C52H37BrN4OPt-2. The number of imidazole rings is 1. The molecule has 10 aromatic rings. The molecule has 0 amide bonds. The molecule has 0 atom stereocenters. The molecule has 3 heterocycles. The summed E-state index contributed by atoms with van der Waals surface area (Å²) in [5.41, 5.74) is 4.52. The molecule has 0 spiro atoms. The van der Waals surface area contributed by atoms with Gasteiger partial charge in [0, 0.05) is 44.3 Å². The molecule has 290 valence electrons. The van der Waals surface area contributed by atoms with Crippen LogP contribution in [-0.2, 0) is 26.5 Å². The number of hydrogen-bond donors (Lipinski definition) is 0. The van der Waals surface area contributed by atoms with Gasteiger partial charge >= 0.3 is 0 Å². The van der Waals surface area contributed by atoms with Crippen LogP contribution in [0.1, 0.15) is 40.0 Å². The summed E-state index contributed by atoms with van der Waals surface area (Å²) in [5, 5.41) is 1.97. The summed E-state index contributed by atoms with van der Waals surface area (Å²) in [5.74, 6) is 1.48. The van der Waals surface area contributed by atoms with Crippen LogP contribution < -0.4 is 9.30 Å². The second kappa shape index (κ2) is 15.6. The molecule has 59 heavy (non-hydrogen) atoms. The molecule has 0 N–H and O–H groups in total. The van der Waals surface area contributed by atoms with Crippen molar-refractivity contribution in [2.75, 3.05) is 0 Å². The standard InChI is InChI=1S/C52H37BrN4O.Pt/c1-52(2,3)37-28-29-54-50(30-37)57-45-25-11-10-22-42(45)43-32-44(53)49(33-48(43)57)58-39-21-14-20-38(31-39)55-34-56(47-27-13-12-26-46(47)55)51-40(35-16-6-4-7-17-35)23-15-24-41(51)36-18-8-5-9-19-36;/h4-30,32H,1-3H3;/q-2;/i4D,5D,6D,7D,8D,9D,16D,17D,18D,19D;. The quantitative estimate of drug-likeness (QED) is 0.118. The first-order valence-corrected chi connectivity index (χ1v) is 19.3. The van der Waals surface area contributed by atoms with E-state index in [1.165, 1.54) is 0 Å². The third-order valence-electron chi connectivity index (χ3n) is 10.0. The average molecular weight is 1020 g/mol.